The average Bonchev–Trinajstić information content (AvgIpc) is 3.24. The number of carbonyl (C=O) groups excluding carboxylic acids is 1. The van der Waals surface area contributed by atoms with Crippen LogP contribution in [0.2, 0.25) is 0 Å². The van der Waals surface area contributed by atoms with E-state index in [0.29, 0.717) is 24.3 Å². The Hall–Kier alpha value is -2.11. The van der Waals surface area contributed by atoms with Crippen LogP contribution in [0, 0.1) is 12.8 Å². The van der Waals surface area contributed by atoms with Crippen molar-refractivity contribution in [3.8, 4) is 11.3 Å². The molecule has 5 heteroatoms. The maximum atomic E-state index is 12.8. The van der Waals surface area contributed by atoms with E-state index in [4.69, 9.17) is 4.42 Å². The predicted octanol–water partition coefficient (Wildman–Crippen LogP) is 4.80. The van der Waals surface area contributed by atoms with E-state index in [1.165, 1.54) is 24.0 Å². The minimum atomic E-state index is 0.329. The molecular formula is C27H39N3O2. The number of nitrogens with zero attached hydrogens (tertiary/aromatic N) is 3. The van der Waals surface area contributed by atoms with E-state index >= 15 is 0 Å². The lowest BCUT2D eigenvalue weighted by molar-refractivity contribution is -0.133. The Morgan fingerprint density at radius 1 is 1.09 bits per heavy atom. The number of carbonyl (C=O) groups is 1. The number of furan rings is 1. The zero-order chi connectivity index (χ0) is 22.5. The second kappa shape index (κ2) is 10.7. The highest BCUT2D eigenvalue weighted by molar-refractivity contribution is 5.76. The van der Waals surface area contributed by atoms with Gasteiger partial charge in [0.15, 0.2) is 0 Å². The van der Waals surface area contributed by atoms with Crippen molar-refractivity contribution in [1.29, 1.82) is 0 Å². The van der Waals surface area contributed by atoms with Crippen LogP contribution in [0.1, 0.15) is 49.8 Å². The minimum absolute atomic E-state index is 0.329. The molecule has 5 nitrogen and oxygen atoms in total. The van der Waals surface area contributed by atoms with E-state index in [9.17, 15) is 4.79 Å². The van der Waals surface area contributed by atoms with Crippen LogP contribution in [0.5, 0.6) is 0 Å². The summed E-state index contributed by atoms with van der Waals surface area (Å²) < 4.78 is 5.90. The van der Waals surface area contributed by atoms with Crippen LogP contribution in [-0.4, -0.2) is 66.9 Å². The number of amides is 1. The van der Waals surface area contributed by atoms with Crippen molar-refractivity contribution in [1.82, 2.24) is 14.7 Å². The fourth-order valence-corrected chi connectivity index (χ4v) is 5.34. The SMILES string of the molecule is Cc1ccc(-c2ccccc2CN2CCC[C@H](CCC(=O)N(C)C3CCN(C)CC3)C2)o1. The lowest BCUT2D eigenvalue weighted by Gasteiger charge is -2.36. The maximum absolute atomic E-state index is 12.8. The largest absolute Gasteiger partial charge is 0.461 e. The van der Waals surface area contributed by atoms with Crippen LogP contribution in [0.3, 0.4) is 0 Å². The Morgan fingerprint density at radius 2 is 1.88 bits per heavy atom. The molecule has 0 radical (unpaired) electrons. The third-order valence-electron chi connectivity index (χ3n) is 7.42. The molecule has 0 saturated carbocycles. The molecule has 1 amide bonds. The van der Waals surface area contributed by atoms with Gasteiger partial charge < -0.3 is 14.2 Å². The first-order chi connectivity index (χ1) is 15.5. The van der Waals surface area contributed by atoms with E-state index in [0.717, 1.165) is 63.5 Å². The summed E-state index contributed by atoms with van der Waals surface area (Å²) in [7, 11) is 4.18. The van der Waals surface area contributed by atoms with E-state index < -0.39 is 0 Å². The molecule has 1 aromatic carbocycles. The first-order valence-electron chi connectivity index (χ1n) is 12.3. The highest BCUT2D eigenvalue weighted by Crippen LogP contribution is 2.29. The second-order valence-electron chi connectivity index (χ2n) is 9.89. The number of piperidine rings is 2. The molecule has 0 N–H and O–H groups in total. The van der Waals surface area contributed by atoms with Crippen molar-refractivity contribution in [2.45, 2.75) is 58.0 Å². The van der Waals surface area contributed by atoms with Crippen molar-refractivity contribution in [2.24, 2.45) is 5.92 Å². The highest BCUT2D eigenvalue weighted by atomic mass is 16.3. The third kappa shape index (κ3) is 5.81. The van der Waals surface area contributed by atoms with Crippen molar-refractivity contribution in [3.63, 3.8) is 0 Å². The summed E-state index contributed by atoms with van der Waals surface area (Å²) in [5.74, 6) is 2.84. The van der Waals surface area contributed by atoms with Gasteiger partial charge in [0.2, 0.25) is 5.91 Å². The molecule has 32 heavy (non-hydrogen) atoms. The van der Waals surface area contributed by atoms with Gasteiger partial charge in [0, 0.05) is 38.2 Å². The fraction of sp³-hybridized carbons (Fsp3) is 0.593. The molecule has 2 fully saturated rings. The van der Waals surface area contributed by atoms with Gasteiger partial charge in [0.25, 0.3) is 0 Å². The van der Waals surface area contributed by atoms with Crippen LogP contribution in [0.4, 0.5) is 0 Å². The molecule has 0 aliphatic carbocycles. The molecule has 2 aromatic rings. The fourth-order valence-electron chi connectivity index (χ4n) is 5.34. The molecular weight excluding hydrogens is 398 g/mol. The first kappa shape index (κ1) is 23.1. The zero-order valence-corrected chi connectivity index (χ0v) is 20.1. The van der Waals surface area contributed by atoms with E-state index in [2.05, 4.69) is 47.2 Å². The molecule has 2 saturated heterocycles. The van der Waals surface area contributed by atoms with Crippen LogP contribution < -0.4 is 0 Å². The van der Waals surface area contributed by atoms with Gasteiger partial charge in [0.1, 0.15) is 11.5 Å². The van der Waals surface area contributed by atoms with Gasteiger partial charge >= 0.3 is 0 Å². The van der Waals surface area contributed by atoms with Crippen molar-refractivity contribution in [3.05, 3.63) is 47.7 Å². The highest BCUT2D eigenvalue weighted by Gasteiger charge is 2.26. The number of hydrogen-bond donors (Lipinski definition) is 0. The average molecular weight is 438 g/mol. The predicted molar refractivity (Wildman–Crippen MR) is 129 cm³/mol. The summed E-state index contributed by atoms with van der Waals surface area (Å²) in [5, 5.41) is 0. The van der Waals surface area contributed by atoms with Crippen LogP contribution in [0.15, 0.2) is 40.8 Å². The summed E-state index contributed by atoms with van der Waals surface area (Å²) in [4.78, 5) is 19.8. The normalized spacial score (nSPS) is 21.0. The quantitative estimate of drug-likeness (QED) is 0.624. The topological polar surface area (TPSA) is 39.9 Å². The van der Waals surface area contributed by atoms with Gasteiger partial charge in [-0.2, -0.15) is 0 Å². The van der Waals surface area contributed by atoms with E-state index in [-0.39, 0.29) is 0 Å². The van der Waals surface area contributed by atoms with Crippen molar-refractivity contribution < 1.29 is 9.21 Å². The van der Waals surface area contributed by atoms with Gasteiger partial charge in [-0.3, -0.25) is 9.69 Å². The smallest absolute Gasteiger partial charge is 0.222 e. The molecule has 0 unspecified atom stereocenters. The molecule has 1 atom stereocenters. The summed E-state index contributed by atoms with van der Waals surface area (Å²) >= 11 is 0. The summed E-state index contributed by atoms with van der Waals surface area (Å²) in [6, 6.07) is 13.1. The minimum Gasteiger partial charge on any atom is -0.461 e. The first-order valence-corrected chi connectivity index (χ1v) is 12.3. The Balaban J connectivity index is 1.29. The standard InChI is InChI=1S/C27H39N3O2/c1-21-10-12-26(32-21)25-9-5-4-8-23(25)20-30-16-6-7-22(19-30)11-13-27(31)29(3)24-14-17-28(2)18-15-24/h4-5,8-10,12,22,24H,6-7,11,13-20H2,1-3H3/t22-/m1/s1. The number of likely N-dealkylation sites (tertiary alicyclic amines) is 2. The molecule has 2 aliphatic heterocycles. The molecule has 3 heterocycles. The third-order valence-corrected chi connectivity index (χ3v) is 7.42. The van der Waals surface area contributed by atoms with E-state index in [1.54, 1.807) is 0 Å². The van der Waals surface area contributed by atoms with Crippen LogP contribution >= 0.6 is 0 Å². The summed E-state index contributed by atoms with van der Waals surface area (Å²) in [5.41, 5.74) is 2.51. The van der Waals surface area contributed by atoms with Gasteiger partial charge in [0.05, 0.1) is 0 Å². The van der Waals surface area contributed by atoms with Crippen molar-refractivity contribution in [2.75, 3.05) is 40.3 Å². The Labute approximate surface area is 193 Å². The number of benzene rings is 1. The Morgan fingerprint density at radius 3 is 2.62 bits per heavy atom. The summed E-state index contributed by atoms with van der Waals surface area (Å²) in [6.45, 7) is 7.34. The molecule has 0 bridgehead atoms. The number of rotatable bonds is 7. The Kier molecular flexibility index (Phi) is 7.69. The lowest BCUT2D eigenvalue weighted by atomic mass is 9.92. The zero-order valence-electron chi connectivity index (χ0n) is 20.1. The van der Waals surface area contributed by atoms with Crippen molar-refractivity contribution >= 4 is 5.91 Å². The monoisotopic (exact) mass is 437 g/mol. The molecule has 1 aromatic heterocycles. The molecule has 4 rings (SSSR count). The maximum Gasteiger partial charge on any atom is 0.222 e. The van der Waals surface area contributed by atoms with E-state index in [1.807, 2.05) is 24.9 Å². The summed E-state index contributed by atoms with van der Waals surface area (Å²) in [6.07, 6.45) is 6.34. The molecule has 174 valence electrons. The van der Waals surface area contributed by atoms with Gasteiger partial charge in [-0.1, -0.05) is 24.3 Å². The molecule has 0 spiro atoms. The van der Waals surface area contributed by atoms with Gasteiger partial charge in [-0.15, -0.1) is 0 Å². The van der Waals surface area contributed by atoms with Gasteiger partial charge in [-0.25, -0.2) is 0 Å². The Bertz CT molecular complexity index is 885. The number of hydrogen-bond acceptors (Lipinski definition) is 4. The molecule has 2 aliphatic rings. The van der Waals surface area contributed by atoms with Crippen LogP contribution in [-0.2, 0) is 11.3 Å². The van der Waals surface area contributed by atoms with Crippen LogP contribution in [0.25, 0.3) is 11.3 Å². The number of aryl methyl sites for hydroxylation is 1. The van der Waals surface area contributed by atoms with Gasteiger partial charge in [-0.05, 0) is 89.3 Å². The second-order valence-corrected chi connectivity index (χ2v) is 9.89. The lowest BCUT2D eigenvalue weighted by Crippen LogP contribution is -2.44.